The Morgan fingerprint density at radius 3 is 2.55 bits per heavy atom. The van der Waals surface area contributed by atoms with Gasteiger partial charge in [-0.3, -0.25) is 39.2 Å². The Labute approximate surface area is 339 Å². The number of anilines is 4. The van der Waals surface area contributed by atoms with Crippen LogP contribution in [0, 0.1) is 11.3 Å². The minimum Gasteiger partial charge on any atom is -0.492 e. The van der Waals surface area contributed by atoms with Crippen LogP contribution in [-0.4, -0.2) is 100 Å². The maximum Gasteiger partial charge on any atom is 0.419 e. The zero-order valence-corrected chi connectivity index (χ0v) is 33.3. The molecule has 3 N–H and O–H groups in total. The summed E-state index contributed by atoms with van der Waals surface area (Å²) >= 11 is 5.68. The highest BCUT2D eigenvalue weighted by molar-refractivity contribution is 7.81. The van der Waals surface area contributed by atoms with Gasteiger partial charge in [-0.25, -0.2) is 4.98 Å². The van der Waals surface area contributed by atoms with Gasteiger partial charge >= 0.3 is 6.18 Å². The average Bonchev–Trinajstić information content (AvgIpc) is 3.35. The summed E-state index contributed by atoms with van der Waals surface area (Å²) in [5.74, 6) is -0.703. The molecule has 58 heavy (non-hydrogen) atoms. The summed E-state index contributed by atoms with van der Waals surface area (Å²) < 4.78 is 47.4. The molecule has 0 spiro atoms. The molecule has 3 fully saturated rings. The van der Waals surface area contributed by atoms with Crippen molar-refractivity contribution in [1.82, 2.24) is 20.1 Å². The Balaban J connectivity index is 1.01. The molecule has 14 nitrogen and oxygen atoms in total. The van der Waals surface area contributed by atoms with Gasteiger partial charge in [0.05, 0.1) is 24.0 Å². The van der Waals surface area contributed by atoms with Gasteiger partial charge in [-0.05, 0) is 93.9 Å². The molecular weight excluding hydrogens is 776 g/mol. The number of benzene rings is 2. The normalized spacial score (nSPS) is 20.2. The quantitative estimate of drug-likeness (QED) is 0.171. The molecule has 0 saturated carbocycles. The van der Waals surface area contributed by atoms with Crippen molar-refractivity contribution >= 4 is 63.7 Å². The number of piperidine rings is 1. The maximum absolute atomic E-state index is 13.7. The number of hydrogen-bond acceptors (Lipinski definition) is 11. The van der Waals surface area contributed by atoms with E-state index in [9.17, 15) is 37.6 Å². The summed E-state index contributed by atoms with van der Waals surface area (Å²) in [5.41, 5.74) is -0.816. The number of aromatic nitrogens is 1. The first-order valence-electron chi connectivity index (χ1n) is 18.9. The van der Waals surface area contributed by atoms with E-state index in [-0.39, 0.29) is 47.5 Å². The molecule has 2 unspecified atom stereocenters. The molecular formula is C40H44F3N9O5S. The topological polar surface area (TPSA) is 163 Å². The van der Waals surface area contributed by atoms with Crippen LogP contribution >= 0.6 is 12.2 Å². The number of hydrogen-bond donors (Lipinski definition) is 3. The standard InChI is InChI=1S/C40H44F3N9O5S/c1-5-25-17-28(52-38(58)51(37(56)39(52,3)4)29-19-30(40(41,42)43)32(20-44)45-21-29)9-11-33(25)57-16-15-49-13-14-50(24(2)22-49)23-35(54)47-27-8-6-7-26(18-27)46-31-10-12-34(53)48-36(31)55/h6-9,11,17-19,21,24,31,46H,5,10,12-16,22-23H2,1-4H3,(H,47,54)(H,48,53,55). The van der Waals surface area contributed by atoms with Gasteiger partial charge in [0.2, 0.25) is 17.7 Å². The van der Waals surface area contributed by atoms with Crippen LogP contribution in [-0.2, 0) is 31.8 Å². The van der Waals surface area contributed by atoms with Gasteiger partial charge in [0, 0.05) is 55.7 Å². The number of carbonyl (C=O) groups excluding carboxylic acids is 4. The summed E-state index contributed by atoms with van der Waals surface area (Å²) in [6, 6.07) is 14.3. The third-order valence-corrected chi connectivity index (χ3v) is 10.8. The number of piperazine rings is 1. The molecule has 0 bridgehead atoms. The molecule has 3 aliphatic heterocycles. The summed E-state index contributed by atoms with van der Waals surface area (Å²) in [4.78, 5) is 61.0. The zero-order chi connectivity index (χ0) is 41.9. The molecule has 18 heteroatoms. The first kappa shape index (κ1) is 42.0. The van der Waals surface area contributed by atoms with E-state index in [1.54, 1.807) is 55.1 Å². The number of imide groups is 1. The molecule has 4 amide bonds. The highest BCUT2D eigenvalue weighted by atomic mass is 32.1. The van der Waals surface area contributed by atoms with Crippen molar-refractivity contribution in [2.75, 3.05) is 59.8 Å². The predicted molar refractivity (Wildman–Crippen MR) is 214 cm³/mol. The number of nitrogens with one attached hydrogen (secondary N) is 3. The van der Waals surface area contributed by atoms with Crippen LogP contribution in [0.5, 0.6) is 5.75 Å². The summed E-state index contributed by atoms with van der Waals surface area (Å²) in [6.45, 7) is 10.7. The van der Waals surface area contributed by atoms with Crippen LogP contribution in [0.4, 0.5) is 35.9 Å². The van der Waals surface area contributed by atoms with Crippen molar-refractivity contribution in [2.24, 2.45) is 0 Å². The lowest BCUT2D eigenvalue weighted by Gasteiger charge is -2.39. The largest absolute Gasteiger partial charge is 0.492 e. The lowest BCUT2D eigenvalue weighted by molar-refractivity contribution is -0.138. The molecule has 0 radical (unpaired) electrons. The van der Waals surface area contributed by atoms with Gasteiger partial charge in [-0.2, -0.15) is 18.4 Å². The van der Waals surface area contributed by atoms with E-state index < -0.39 is 34.9 Å². The Morgan fingerprint density at radius 2 is 1.86 bits per heavy atom. The first-order valence-corrected chi connectivity index (χ1v) is 19.3. The fourth-order valence-corrected chi connectivity index (χ4v) is 7.88. The second-order valence-corrected chi connectivity index (χ2v) is 15.3. The Kier molecular flexibility index (Phi) is 12.4. The number of pyridine rings is 1. The van der Waals surface area contributed by atoms with Crippen molar-refractivity contribution in [1.29, 1.82) is 5.26 Å². The van der Waals surface area contributed by atoms with E-state index in [1.165, 1.54) is 6.07 Å². The SMILES string of the molecule is CCc1cc(N2C(=S)N(c3cnc(C#N)c(C(F)(F)F)c3)C(=O)C2(C)C)ccc1OCCN1CCN(CC(=O)Nc2cccc(NC3CCC(=O)NC3=O)c2)C(C)C1. The number of halogens is 3. The van der Waals surface area contributed by atoms with Gasteiger partial charge in [-0.1, -0.05) is 13.0 Å². The monoisotopic (exact) mass is 819 g/mol. The molecule has 4 heterocycles. The minimum atomic E-state index is -4.86. The first-order chi connectivity index (χ1) is 27.5. The van der Waals surface area contributed by atoms with Crippen molar-refractivity contribution in [3.05, 3.63) is 71.5 Å². The molecule has 3 saturated heterocycles. The molecule has 3 aromatic rings. The van der Waals surface area contributed by atoms with Crippen molar-refractivity contribution in [3.8, 4) is 11.8 Å². The molecule has 6 rings (SSSR count). The fourth-order valence-electron chi connectivity index (χ4n) is 7.36. The van der Waals surface area contributed by atoms with Crippen LogP contribution in [0.2, 0.25) is 0 Å². The number of thiocarbonyl (C=S) groups is 1. The number of amides is 4. The van der Waals surface area contributed by atoms with E-state index in [0.29, 0.717) is 55.3 Å². The third-order valence-electron chi connectivity index (χ3n) is 10.5. The summed E-state index contributed by atoms with van der Waals surface area (Å²) in [7, 11) is 0. The molecule has 2 aromatic carbocycles. The number of aryl methyl sites for hydroxylation is 1. The fraction of sp³-hybridized carbons (Fsp3) is 0.425. The lowest BCUT2D eigenvalue weighted by atomic mass is 10.0. The minimum absolute atomic E-state index is 0.0235. The Bertz CT molecular complexity index is 2160. The second kappa shape index (κ2) is 17.1. The summed E-state index contributed by atoms with van der Waals surface area (Å²) in [6.07, 6.45) is -2.57. The number of alkyl halides is 3. The Morgan fingerprint density at radius 1 is 1.10 bits per heavy atom. The second-order valence-electron chi connectivity index (χ2n) is 14.9. The molecule has 2 atom stereocenters. The van der Waals surface area contributed by atoms with E-state index >= 15 is 0 Å². The molecule has 0 aliphatic carbocycles. The molecule has 3 aliphatic rings. The summed E-state index contributed by atoms with van der Waals surface area (Å²) in [5, 5.41) is 17.6. The Hall–Kier alpha value is -5.64. The predicted octanol–water partition coefficient (Wildman–Crippen LogP) is 4.69. The van der Waals surface area contributed by atoms with Gasteiger partial charge in [0.15, 0.2) is 10.8 Å². The lowest BCUT2D eigenvalue weighted by Crippen LogP contribution is -2.54. The van der Waals surface area contributed by atoms with E-state index in [4.69, 9.17) is 17.0 Å². The maximum atomic E-state index is 13.7. The highest BCUT2D eigenvalue weighted by Crippen LogP contribution is 2.40. The van der Waals surface area contributed by atoms with Gasteiger partial charge in [-0.15, -0.1) is 0 Å². The van der Waals surface area contributed by atoms with Crippen LogP contribution in [0.25, 0.3) is 0 Å². The number of nitriles is 1. The molecule has 1 aromatic heterocycles. The van der Waals surface area contributed by atoms with Crippen LogP contribution in [0.15, 0.2) is 54.7 Å². The van der Waals surface area contributed by atoms with E-state index in [2.05, 4.69) is 37.7 Å². The van der Waals surface area contributed by atoms with E-state index in [1.807, 2.05) is 13.0 Å². The number of rotatable bonds is 12. The average molecular weight is 820 g/mol. The van der Waals surface area contributed by atoms with Gasteiger partial charge < -0.3 is 20.3 Å². The van der Waals surface area contributed by atoms with E-state index in [0.717, 1.165) is 35.8 Å². The van der Waals surface area contributed by atoms with Gasteiger partial charge in [0.1, 0.15) is 30.0 Å². The number of carbonyl (C=O) groups is 4. The number of nitrogens with zero attached hydrogens (tertiary/aromatic N) is 6. The van der Waals surface area contributed by atoms with Crippen molar-refractivity contribution in [2.45, 2.75) is 70.8 Å². The van der Waals surface area contributed by atoms with Crippen molar-refractivity contribution < 1.29 is 37.1 Å². The zero-order valence-electron chi connectivity index (χ0n) is 32.5. The smallest absolute Gasteiger partial charge is 0.419 e. The van der Waals surface area contributed by atoms with Crippen LogP contribution < -0.4 is 30.5 Å². The van der Waals surface area contributed by atoms with Crippen LogP contribution in [0.1, 0.15) is 57.4 Å². The van der Waals surface area contributed by atoms with Crippen molar-refractivity contribution in [3.63, 3.8) is 0 Å². The number of ether oxygens (including phenoxy) is 1. The molecule has 306 valence electrons. The van der Waals surface area contributed by atoms with Crippen LogP contribution in [0.3, 0.4) is 0 Å². The highest BCUT2D eigenvalue weighted by Gasteiger charge is 2.51. The third kappa shape index (κ3) is 9.06. The van der Waals surface area contributed by atoms with Gasteiger partial charge in [0.25, 0.3) is 5.91 Å².